The molecule has 0 heterocycles. The highest BCUT2D eigenvalue weighted by molar-refractivity contribution is 5.94. The lowest BCUT2D eigenvalue weighted by Crippen LogP contribution is -2.47. The maximum atomic E-state index is 12.0. The fourth-order valence-corrected chi connectivity index (χ4v) is 2.10. The summed E-state index contributed by atoms with van der Waals surface area (Å²) in [5.41, 5.74) is 6.24. The smallest absolute Gasteiger partial charge is 0.251 e. The van der Waals surface area contributed by atoms with Crippen LogP contribution < -0.4 is 11.1 Å². The summed E-state index contributed by atoms with van der Waals surface area (Å²) in [7, 11) is 3.76. The predicted octanol–water partition coefficient (Wildman–Crippen LogP) is 0.230. The molecule has 4 N–H and O–H groups in total. The van der Waals surface area contributed by atoms with Crippen molar-refractivity contribution in [2.75, 3.05) is 33.7 Å². The predicted molar refractivity (Wildman–Crippen MR) is 80.7 cm³/mol. The van der Waals surface area contributed by atoms with Crippen LogP contribution in [0.15, 0.2) is 24.3 Å². The van der Waals surface area contributed by atoms with Crippen LogP contribution in [-0.2, 0) is 6.42 Å². The van der Waals surface area contributed by atoms with Crippen LogP contribution in [0.2, 0.25) is 0 Å². The zero-order valence-electron chi connectivity index (χ0n) is 12.5. The third kappa shape index (κ3) is 5.69. The average Bonchev–Trinajstić information content (AvgIpc) is 2.36. The monoisotopic (exact) mass is 279 g/mol. The molecule has 20 heavy (non-hydrogen) atoms. The first kappa shape index (κ1) is 16.6. The minimum Gasteiger partial charge on any atom is -0.387 e. The fraction of sp³-hybridized carbons (Fsp3) is 0.533. The van der Waals surface area contributed by atoms with E-state index in [0.717, 1.165) is 12.0 Å². The van der Waals surface area contributed by atoms with E-state index in [4.69, 9.17) is 5.73 Å². The summed E-state index contributed by atoms with van der Waals surface area (Å²) in [6, 6.07) is 7.36. The number of rotatable bonds is 7. The van der Waals surface area contributed by atoms with Gasteiger partial charge in [0.2, 0.25) is 0 Å². The van der Waals surface area contributed by atoms with Crippen LogP contribution in [0.5, 0.6) is 0 Å². The second kappa shape index (κ2) is 7.38. The van der Waals surface area contributed by atoms with Gasteiger partial charge in [0.15, 0.2) is 0 Å². The third-order valence-electron chi connectivity index (χ3n) is 2.94. The van der Waals surface area contributed by atoms with Crippen molar-refractivity contribution in [1.82, 2.24) is 10.2 Å². The number of hydrogen-bond acceptors (Lipinski definition) is 4. The molecule has 1 aromatic carbocycles. The van der Waals surface area contributed by atoms with Gasteiger partial charge >= 0.3 is 0 Å². The Hall–Kier alpha value is -1.43. The lowest BCUT2D eigenvalue weighted by molar-refractivity contribution is 0.0326. The minimum atomic E-state index is -0.946. The summed E-state index contributed by atoms with van der Waals surface area (Å²) < 4.78 is 0. The molecule has 1 aromatic rings. The van der Waals surface area contributed by atoms with Crippen molar-refractivity contribution < 1.29 is 9.90 Å². The van der Waals surface area contributed by atoms with Crippen molar-refractivity contribution in [3.63, 3.8) is 0 Å². The molecule has 0 aliphatic carbocycles. The van der Waals surface area contributed by atoms with Gasteiger partial charge in [0, 0.05) is 18.7 Å². The quantitative estimate of drug-likeness (QED) is 0.667. The number of nitrogens with one attached hydrogen (secondary N) is 1. The van der Waals surface area contributed by atoms with Crippen LogP contribution in [0.4, 0.5) is 0 Å². The minimum absolute atomic E-state index is 0.177. The second-order valence-corrected chi connectivity index (χ2v) is 5.65. The van der Waals surface area contributed by atoms with Gasteiger partial charge in [0.05, 0.1) is 5.60 Å². The molecule has 1 atom stereocenters. The third-order valence-corrected chi connectivity index (χ3v) is 2.94. The Morgan fingerprint density at radius 2 is 1.95 bits per heavy atom. The highest BCUT2D eigenvalue weighted by atomic mass is 16.3. The van der Waals surface area contributed by atoms with E-state index in [-0.39, 0.29) is 12.5 Å². The number of amides is 1. The number of nitrogens with zero attached hydrogens (tertiary/aromatic N) is 1. The van der Waals surface area contributed by atoms with Gasteiger partial charge in [0.1, 0.15) is 0 Å². The summed E-state index contributed by atoms with van der Waals surface area (Å²) in [6.45, 7) is 3.01. The average molecular weight is 279 g/mol. The zero-order valence-corrected chi connectivity index (χ0v) is 12.5. The van der Waals surface area contributed by atoms with E-state index in [0.29, 0.717) is 18.7 Å². The molecule has 0 aromatic heterocycles. The Kier molecular flexibility index (Phi) is 6.13. The Balaban J connectivity index is 2.54. The van der Waals surface area contributed by atoms with E-state index < -0.39 is 5.60 Å². The molecule has 0 radical (unpaired) electrons. The van der Waals surface area contributed by atoms with Crippen LogP contribution in [0.1, 0.15) is 22.8 Å². The maximum absolute atomic E-state index is 12.0. The standard InChI is InChI=1S/C15H25N3O2/c1-15(20,11-18(2)3)10-17-14(19)13-6-4-12(5-7-13)8-9-16/h4-7,20H,8-11,16H2,1-3H3,(H,17,19). The van der Waals surface area contributed by atoms with Gasteiger partial charge in [-0.15, -0.1) is 0 Å². The van der Waals surface area contributed by atoms with Crippen molar-refractivity contribution >= 4 is 5.91 Å². The van der Waals surface area contributed by atoms with Gasteiger partial charge in [-0.25, -0.2) is 0 Å². The van der Waals surface area contributed by atoms with Crippen LogP contribution >= 0.6 is 0 Å². The molecule has 0 saturated carbocycles. The zero-order chi connectivity index (χ0) is 15.2. The summed E-state index contributed by atoms with van der Waals surface area (Å²) in [5.74, 6) is -0.177. The first-order valence-electron chi connectivity index (χ1n) is 6.78. The number of hydrogen-bond donors (Lipinski definition) is 3. The van der Waals surface area contributed by atoms with E-state index in [2.05, 4.69) is 5.32 Å². The van der Waals surface area contributed by atoms with E-state index >= 15 is 0 Å². The van der Waals surface area contributed by atoms with Crippen LogP contribution in [0.3, 0.4) is 0 Å². The highest BCUT2D eigenvalue weighted by Gasteiger charge is 2.22. The van der Waals surface area contributed by atoms with Gasteiger partial charge in [-0.1, -0.05) is 12.1 Å². The Morgan fingerprint density at radius 1 is 1.35 bits per heavy atom. The van der Waals surface area contributed by atoms with Crippen LogP contribution in [0.25, 0.3) is 0 Å². The highest BCUT2D eigenvalue weighted by Crippen LogP contribution is 2.07. The van der Waals surface area contributed by atoms with Gasteiger partial charge in [-0.2, -0.15) is 0 Å². The van der Waals surface area contributed by atoms with Gasteiger partial charge in [-0.3, -0.25) is 4.79 Å². The molecular formula is C15H25N3O2. The number of carbonyl (C=O) groups excluding carboxylic acids is 1. The van der Waals surface area contributed by atoms with Crippen molar-refractivity contribution in [1.29, 1.82) is 0 Å². The van der Waals surface area contributed by atoms with Crippen LogP contribution in [-0.4, -0.2) is 55.2 Å². The summed E-state index contributed by atoms with van der Waals surface area (Å²) >= 11 is 0. The molecule has 0 spiro atoms. The normalized spacial score (nSPS) is 14.1. The number of likely N-dealkylation sites (N-methyl/N-ethyl adjacent to an activating group) is 1. The van der Waals surface area contributed by atoms with Crippen molar-refractivity contribution in [2.24, 2.45) is 5.73 Å². The molecule has 1 amide bonds. The number of benzene rings is 1. The van der Waals surface area contributed by atoms with Gasteiger partial charge in [-0.05, 0) is 51.7 Å². The first-order chi connectivity index (χ1) is 9.34. The molecule has 0 fully saturated rings. The van der Waals surface area contributed by atoms with Crippen molar-refractivity contribution in [3.8, 4) is 0 Å². The van der Waals surface area contributed by atoms with Crippen molar-refractivity contribution in [2.45, 2.75) is 18.9 Å². The maximum Gasteiger partial charge on any atom is 0.251 e. The lowest BCUT2D eigenvalue weighted by Gasteiger charge is -2.27. The Bertz CT molecular complexity index is 427. The van der Waals surface area contributed by atoms with E-state index in [1.165, 1.54) is 0 Å². The summed E-state index contributed by atoms with van der Waals surface area (Å²) in [5, 5.41) is 12.9. The fourth-order valence-electron chi connectivity index (χ4n) is 2.10. The summed E-state index contributed by atoms with van der Waals surface area (Å²) in [4.78, 5) is 13.9. The summed E-state index contributed by atoms with van der Waals surface area (Å²) in [6.07, 6.45) is 0.805. The molecule has 0 bridgehead atoms. The van der Waals surface area contributed by atoms with E-state index in [1.54, 1.807) is 19.1 Å². The van der Waals surface area contributed by atoms with Crippen LogP contribution in [0, 0.1) is 0 Å². The molecule has 112 valence electrons. The molecule has 1 rings (SSSR count). The van der Waals surface area contributed by atoms with E-state index in [1.807, 2.05) is 31.1 Å². The number of aliphatic hydroxyl groups is 1. The molecule has 1 unspecified atom stereocenters. The molecule has 0 aliphatic heterocycles. The molecule has 5 nitrogen and oxygen atoms in total. The Morgan fingerprint density at radius 3 is 2.45 bits per heavy atom. The molecule has 0 saturated heterocycles. The topological polar surface area (TPSA) is 78.6 Å². The second-order valence-electron chi connectivity index (χ2n) is 5.65. The Labute approximate surface area is 120 Å². The SMILES string of the molecule is CN(C)CC(C)(O)CNC(=O)c1ccc(CCN)cc1. The first-order valence-corrected chi connectivity index (χ1v) is 6.78. The van der Waals surface area contributed by atoms with Gasteiger partial charge < -0.3 is 21.1 Å². The van der Waals surface area contributed by atoms with Crippen molar-refractivity contribution in [3.05, 3.63) is 35.4 Å². The number of nitrogens with two attached hydrogens (primary N) is 1. The van der Waals surface area contributed by atoms with Gasteiger partial charge in [0.25, 0.3) is 5.91 Å². The molecular weight excluding hydrogens is 254 g/mol. The lowest BCUT2D eigenvalue weighted by atomic mass is 10.1. The molecule has 5 heteroatoms. The molecule has 0 aliphatic rings. The number of carbonyl (C=O) groups is 1. The van der Waals surface area contributed by atoms with E-state index in [9.17, 15) is 9.90 Å². The largest absolute Gasteiger partial charge is 0.387 e.